The normalized spacial score (nSPS) is 11.6. The van der Waals surface area contributed by atoms with Crippen molar-refractivity contribution in [3.8, 4) is 11.5 Å². The van der Waals surface area contributed by atoms with Crippen LogP contribution >= 0.6 is 24.4 Å². The number of hydrogen-bond donors (Lipinski definition) is 4. The highest BCUT2D eigenvalue weighted by Crippen LogP contribution is 2.18. The molecule has 1 atom stereocenters. The van der Waals surface area contributed by atoms with Crippen LogP contribution < -0.4 is 30.7 Å². The van der Waals surface area contributed by atoms with E-state index in [1.807, 2.05) is 6.92 Å². The van der Waals surface area contributed by atoms with Gasteiger partial charge in [-0.05, 0) is 85.8 Å². The Morgan fingerprint density at radius 1 is 0.788 bits per heavy atom. The molecule has 12 heteroatoms. The number of rotatable bonds is 11. The third-order valence-electron chi connectivity index (χ3n) is 4.28. The molecule has 2 rings (SSSR count). The van der Waals surface area contributed by atoms with Gasteiger partial charge in [0.05, 0.1) is 0 Å². The van der Waals surface area contributed by atoms with Gasteiger partial charge in [0.15, 0.2) is 10.2 Å². The summed E-state index contributed by atoms with van der Waals surface area (Å²) in [5.74, 6) is 0.127. The predicted octanol–water partition coefficient (Wildman–Crippen LogP) is 5.33. The van der Waals surface area contributed by atoms with Crippen LogP contribution in [0, 0.1) is 0 Å². The van der Waals surface area contributed by atoms with Crippen molar-refractivity contribution in [1.29, 1.82) is 0 Å². The Bertz CT molecular complexity index is 887. The van der Waals surface area contributed by atoms with Gasteiger partial charge in [0.25, 0.3) is 0 Å². The standard InChI is InChI=1S/C21H24F4N4O2S2/c1-2-13(27-21(33)29-15-5-9-17(10-6-15)31-19(24)25)11-12-26-20(32)28-14-3-7-16(8-4-14)30-18(22)23/h3-10,13,18-19H,2,11-12H2,1H3,(H2,26,28,32)(H2,27,29,33)/t13-/m1/s1. The summed E-state index contributed by atoms with van der Waals surface area (Å²) < 4.78 is 57.4. The van der Waals surface area contributed by atoms with Gasteiger partial charge in [0.1, 0.15) is 11.5 Å². The quantitative estimate of drug-likeness (QED) is 0.242. The van der Waals surface area contributed by atoms with Gasteiger partial charge in [-0.2, -0.15) is 17.6 Å². The maximum atomic E-state index is 12.2. The summed E-state index contributed by atoms with van der Waals surface area (Å²) in [6, 6.07) is 12.1. The molecule has 0 fully saturated rings. The number of thiocarbonyl (C=S) groups is 2. The second-order valence-electron chi connectivity index (χ2n) is 6.68. The highest BCUT2D eigenvalue weighted by molar-refractivity contribution is 7.80. The average Bonchev–Trinajstić information content (AvgIpc) is 2.75. The fraction of sp³-hybridized carbons (Fsp3) is 0.333. The lowest BCUT2D eigenvalue weighted by Crippen LogP contribution is -2.40. The zero-order chi connectivity index (χ0) is 24.2. The smallest absolute Gasteiger partial charge is 0.387 e. The first kappa shape index (κ1) is 26.4. The van der Waals surface area contributed by atoms with Crippen molar-refractivity contribution >= 4 is 46.0 Å². The van der Waals surface area contributed by atoms with Gasteiger partial charge in [-0.25, -0.2) is 0 Å². The van der Waals surface area contributed by atoms with Gasteiger partial charge in [-0.3, -0.25) is 0 Å². The molecule has 0 radical (unpaired) electrons. The van der Waals surface area contributed by atoms with Crippen molar-refractivity contribution in [2.75, 3.05) is 17.2 Å². The van der Waals surface area contributed by atoms with Gasteiger partial charge in [-0.15, -0.1) is 0 Å². The van der Waals surface area contributed by atoms with Crippen LogP contribution in [0.3, 0.4) is 0 Å². The molecule has 0 spiro atoms. The topological polar surface area (TPSA) is 66.6 Å². The Hall–Kier alpha value is -2.86. The summed E-state index contributed by atoms with van der Waals surface area (Å²) in [6.07, 6.45) is 1.51. The van der Waals surface area contributed by atoms with Crippen molar-refractivity contribution in [3.05, 3.63) is 48.5 Å². The number of alkyl halides is 4. The van der Waals surface area contributed by atoms with E-state index in [9.17, 15) is 17.6 Å². The summed E-state index contributed by atoms with van der Waals surface area (Å²) in [7, 11) is 0. The van der Waals surface area contributed by atoms with E-state index in [0.29, 0.717) is 34.6 Å². The molecule has 2 aromatic carbocycles. The van der Waals surface area contributed by atoms with Crippen molar-refractivity contribution in [1.82, 2.24) is 10.6 Å². The van der Waals surface area contributed by atoms with Gasteiger partial charge in [0, 0.05) is 24.0 Å². The molecule has 180 valence electrons. The Kier molecular flexibility index (Phi) is 10.9. The summed E-state index contributed by atoms with van der Waals surface area (Å²) >= 11 is 10.6. The third-order valence-corrected chi connectivity index (χ3v) is 4.75. The lowest BCUT2D eigenvalue weighted by atomic mass is 10.1. The van der Waals surface area contributed by atoms with Gasteiger partial charge < -0.3 is 30.7 Å². The van der Waals surface area contributed by atoms with Crippen molar-refractivity contribution in [2.45, 2.75) is 39.0 Å². The second-order valence-corrected chi connectivity index (χ2v) is 7.50. The van der Waals surface area contributed by atoms with E-state index in [2.05, 4.69) is 30.7 Å². The highest BCUT2D eigenvalue weighted by atomic mass is 32.1. The van der Waals surface area contributed by atoms with Crippen LogP contribution in [0.5, 0.6) is 11.5 Å². The Morgan fingerprint density at radius 2 is 1.24 bits per heavy atom. The fourth-order valence-electron chi connectivity index (χ4n) is 2.71. The molecule has 0 bridgehead atoms. The van der Waals surface area contributed by atoms with Crippen LogP contribution in [0.4, 0.5) is 28.9 Å². The summed E-state index contributed by atoms with van der Waals surface area (Å²) in [4.78, 5) is 0. The van der Waals surface area contributed by atoms with Gasteiger partial charge >= 0.3 is 13.2 Å². The lowest BCUT2D eigenvalue weighted by Gasteiger charge is -2.20. The first-order valence-electron chi connectivity index (χ1n) is 9.97. The molecule has 6 nitrogen and oxygen atoms in total. The van der Waals surface area contributed by atoms with Crippen LogP contribution in [-0.4, -0.2) is 36.0 Å². The molecule has 0 saturated carbocycles. The minimum atomic E-state index is -2.87. The SMILES string of the molecule is CC[C@H](CCNC(=S)Nc1ccc(OC(F)F)cc1)NC(=S)Nc1ccc(OC(F)F)cc1. The maximum Gasteiger partial charge on any atom is 0.387 e. The van der Waals surface area contributed by atoms with Gasteiger partial charge in [0.2, 0.25) is 0 Å². The Balaban J connectivity index is 1.71. The first-order chi connectivity index (χ1) is 15.7. The van der Waals surface area contributed by atoms with E-state index in [1.54, 1.807) is 24.3 Å². The van der Waals surface area contributed by atoms with Crippen molar-refractivity contribution in [3.63, 3.8) is 0 Å². The molecular formula is C21H24F4N4O2S2. The molecule has 0 aromatic heterocycles. The number of nitrogens with one attached hydrogen (secondary N) is 4. The van der Waals surface area contributed by atoms with E-state index in [0.717, 1.165) is 6.42 Å². The minimum absolute atomic E-state index is 0.0625. The molecule has 0 saturated heterocycles. The van der Waals surface area contributed by atoms with Gasteiger partial charge in [-0.1, -0.05) is 6.92 Å². The first-order valence-corrected chi connectivity index (χ1v) is 10.8. The molecule has 0 heterocycles. The molecule has 0 aliphatic heterocycles. The molecule has 0 amide bonds. The number of anilines is 2. The lowest BCUT2D eigenvalue weighted by molar-refractivity contribution is -0.0505. The Morgan fingerprint density at radius 3 is 1.67 bits per heavy atom. The molecule has 0 aliphatic rings. The number of hydrogen-bond acceptors (Lipinski definition) is 4. The van der Waals surface area contributed by atoms with E-state index in [4.69, 9.17) is 24.4 Å². The molecule has 0 unspecified atom stereocenters. The van der Waals surface area contributed by atoms with E-state index in [-0.39, 0.29) is 17.5 Å². The van der Waals surface area contributed by atoms with Crippen molar-refractivity contribution < 1.29 is 27.0 Å². The van der Waals surface area contributed by atoms with Crippen LogP contribution in [0.2, 0.25) is 0 Å². The fourth-order valence-corrected chi connectivity index (χ4v) is 3.21. The number of halogens is 4. The van der Waals surface area contributed by atoms with E-state index in [1.165, 1.54) is 24.3 Å². The highest BCUT2D eigenvalue weighted by Gasteiger charge is 2.10. The average molecular weight is 505 g/mol. The predicted molar refractivity (Wildman–Crippen MR) is 128 cm³/mol. The molecule has 33 heavy (non-hydrogen) atoms. The van der Waals surface area contributed by atoms with E-state index >= 15 is 0 Å². The summed E-state index contributed by atoms with van der Waals surface area (Å²) in [6.45, 7) is -3.17. The Labute approximate surface area is 200 Å². The second kappa shape index (κ2) is 13.6. The molecule has 2 aromatic rings. The number of ether oxygens (including phenoxy) is 2. The largest absolute Gasteiger partial charge is 0.435 e. The zero-order valence-corrected chi connectivity index (χ0v) is 19.3. The van der Waals surface area contributed by atoms with Crippen LogP contribution in [0.1, 0.15) is 19.8 Å². The molecular weight excluding hydrogens is 480 g/mol. The maximum absolute atomic E-state index is 12.2. The summed E-state index contributed by atoms with van der Waals surface area (Å²) in [5, 5.41) is 13.0. The monoisotopic (exact) mass is 504 g/mol. The number of benzene rings is 2. The molecule has 0 aliphatic carbocycles. The van der Waals surface area contributed by atoms with Crippen molar-refractivity contribution in [2.24, 2.45) is 0 Å². The summed E-state index contributed by atoms with van der Waals surface area (Å²) in [5.41, 5.74) is 1.27. The van der Waals surface area contributed by atoms with Crippen LogP contribution in [0.25, 0.3) is 0 Å². The molecule has 4 N–H and O–H groups in total. The van der Waals surface area contributed by atoms with Crippen LogP contribution in [0.15, 0.2) is 48.5 Å². The third kappa shape index (κ3) is 10.5. The zero-order valence-electron chi connectivity index (χ0n) is 17.6. The minimum Gasteiger partial charge on any atom is -0.435 e. The van der Waals surface area contributed by atoms with E-state index < -0.39 is 13.2 Å². The van der Waals surface area contributed by atoms with Crippen LogP contribution in [-0.2, 0) is 0 Å².